The van der Waals surface area contributed by atoms with Crippen LogP contribution in [0, 0.1) is 6.92 Å². The summed E-state index contributed by atoms with van der Waals surface area (Å²) in [6.45, 7) is 5.98. The van der Waals surface area contributed by atoms with Crippen molar-refractivity contribution in [2.75, 3.05) is 6.61 Å². The van der Waals surface area contributed by atoms with Crippen LogP contribution in [0.1, 0.15) is 44.9 Å². The number of H-pyrrole nitrogens is 1. The molecule has 0 aromatic carbocycles. The quantitative estimate of drug-likeness (QED) is 0.771. The smallest absolute Gasteiger partial charge is 0.330 e. The maximum Gasteiger partial charge on any atom is 0.330 e. The van der Waals surface area contributed by atoms with Crippen LogP contribution in [0.25, 0.3) is 0 Å². The van der Waals surface area contributed by atoms with Crippen molar-refractivity contribution in [3.05, 3.63) is 32.6 Å². The topological polar surface area (TPSA) is 93.6 Å². The van der Waals surface area contributed by atoms with Gasteiger partial charge in [0.1, 0.15) is 12.3 Å². The van der Waals surface area contributed by atoms with Crippen LogP contribution >= 0.6 is 0 Å². The third kappa shape index (κ3) is 3.53. The van der Waals surface area contributed by atoms with Gasteiger partial charge in [-0.25, -0.2) is 4.79 Å². The SMILES string of the molecule is Cc1cn([C@@H]2CC(O[Si]3(C(C)C)CCCC3)[C@H](CO)O2)c(=O)[nH]c1=O. The average molecular weight is 369 g/mol. The Kier molecular flexibility index (Phi) is 5.33. The molecule has 2 saturated heterocycles. The Morgan fingerprint density at radius 2 is 2.08 bits per heavy atom. The van der Waals surface area contributed by atoms with Crippen LogP contribution in [0.15, 0.2) is 15.8 Å². The molecule has 0 spiro atoms. The minimum Gasteiger partial charge on any atom is -0.411 e. The van der Waals surface area contributed by atoms with Gasteiger partial charge in [-0.2, -0.15) is 0 Å². The summed E-state index contributed by atoms with van der Waals surface area (Å²) in [5, 5.41) is 9.73. The lowest BCUT2D eigenvalue weighted by Crippen LogP contribution is -2.45. The third-order valence-electron chi connectivity index (χ3n) is 5.70. The zero-order chi connectivity index (χ0) is 18.2. The van der Waals surface area contributed by atoms with E-state index in [2.05, 4.69) is 18.8 Å². The number of aliphatic hydroxyl groups is 1. The zero-order valence-corrected chi connectivity index (χ0v) is 16.2. The molecular weight excluding hydrogens is 340 g/mol. The van der Waals surface area contributed by atoms with Crippen LogP contribution in [-0.4, -0.2) is 41.8 Å². The fourth-order valence-corrected chi connectivity index (χ4v) is 8.53. The second-order valence-electron chi connectivity index (χ2n) is 7.61. The number of aryl methyl sites for hydroxylation is 1. The number of aliphatic hydroxyl groups excluding tert-OH is 1. The summed E-state index contributed by atoms with van der Waals surface area (Å²) in [6.07, 6.45) is 3.29. The van der Waals surface area contributed by atoms with E-state index in [4.69, 9.17) is 9.16 Å². The molecule has 3 atom stereocenters. The van der Waals surface area contributed by atoms with E-state index < -0.39 is 26.3 Å². The number of hydrogen-bond acceptors (Lipinski definition) is 5. The van der Waals surface area contributed by atoms with Gasteiger partial charge in [0, 0.05) is 18.2 Å². The number of aromatic amines is 1. The molecule has 7 nitrogen and oxygen atoms in total. The molecule has 25 heavy (non-hydrogen) atoms. The highest BCUT2D eigenvalue weighted by Gasteiger charge is 2.47. The van der Waals surface area contributed by atoms with Crippen molar-refractivity contribution < 1.29 is 14.3 Å². The van der Waals surface area contributed by atoms with Crippen LogP contribution in [-0.2, 0) is 9.16 Å². The fraction of sp³-hybridized carbons (Fsp3) is 0.765. The second-order valence-corrected chi connectivity index (χ2v) is 12.1. The summed E-state index contributed by atoms with van der Waals surface area (Å²) in [6, 6.07) is 2.31. The summed E-state index contributed by atoms with van der Waals surface area (Å²) in [7, 11) is -1.83. The van der Waals surface area contributed by atoms with E-state index in [1.54, 1.807) is 6.92 Å². The predicted molar refractivity (Wildman–Crippen MR) is 96.2 cm³/mol. The molecule has 0 radical (unpaired) electrons. The Morgan fingerprint density at radius 3 is 2.68 bits per heavy atom. The first-order valence-corrected chi connectivity index (χ1v) is 11.5. The Hall–Kier alpha value is -1.22. The van der Waals surface area contributed by atoms with Crippen LogP contribution in [0.2, 0.25) is 17.6 Å². The van der Waals surface area contributed by atoms with Crippen molar-refractivity contribution >= 4 is 8.32 Å². The van der Waals surface area contributed by atoms with Crippen molar-refractivity contribution in [2.24, 2.45) is 0 Å². The summed E-state index contributed by atoms with van der Waals surface area (Å²) in [4.78, 5) is 26.0. The Morgan fingerprint density at radius 1 is 1.40 bits per heavy atom. The van der Waals surface area contributed by atoms with Crippen LogP contribution in [0.3, 0.4) is 0 Å². The molecule has 3 rings (SSSR count). The normalized spacial score (nSPS) is 28.8. The maximum atomic E-state index is 12.1. The van der Waals surface area contributed by atoms with Gasteiger partial charge < -0.3 is 14.3 Å². The standard InChI is InChI=1S/C17H28N2O5Si/c1-11(2)25(6-4-5-7-25)24-13-8-15(23-14(13)10-20)19-9-12(3)16(21)18-17(19)22/h9,11,13-15,20H,4-8,10H2,1-3H3,(H,18,21,22)/t13?,14-,15-/m0/s1. The minimum atomic E-state index is -1.83. The van der Waals surface area contributed by atoms with E-state index in [1.807, 2.05) is 0 Å². The second kappa shape index (κ2) is 7.18. The highest BCUT2D eigenvalue weighted by molar-refractivity contribution is 6.75. The molecular formula is C17H28N2O5Si. The molecule has 1 unspecified atom stereocenters. The number of nitrogens with one attached hydrogen (secondary N) is 1. The van der Waals surface area contributed by atoms with E-state index >= 15 is 0 Å². The Bertz CT molecular complexity index is 722. The fourth-order valence-electron chi connectivity index (χ4n) is 4.07. The number of hydrogen-bond donors (Lipinski definition) is 2. The molecule has 1 aromatic heterocycles. The van der Waals surface area contributed by atoms with Gasteiger partial charge >= 0.3 is 5.69 Å². The highest BCUT2D eigenvalue weighted by Crippen LogP contribution is 2.43. The number of nitrogens with zero attached hydrogens (tertiary/aromatic N) is 1. The highest BCUT2D eigenvalue weighted by atomic mass is 28.4. The van der Waals surface area contributed by atoms with E-state index in [0.717, 1.165) is 12.1 Å². The van der Waals surface area contributed by atoms with Crippen LogP contribution < -0.4 is 11.2 Å². The summed E-state index contributed by atoms with van der Waals surface area (Å²) < 4.78 is 13.9. The van der Waals surface area contributed by atoms with Crippen molar-refractivity contribution in [3.8, 4) is 0 Å². The summed E-state index contributed by atoms with van der Waals surface area (Å²) in [5.41, 5.74) is 0.0980. The molecule has 2 aliphatic heterocycles. The minimum absolute atomic E-state index is 0.138. The summed E-state index contributed by atoms with van der Waals surface area (Å²) in [5.74, 6) is 0. The molecule has 140 valence electrons. The summed E-state index contributed by atoms with van der Waals surface area (Å²) >= 11 is 0. The molecule has 3 heterocycles. The van der Waals surface area contributed by atoms with E-state index in [-0.39, 0.29) is 18.3 Å². The van der Waals surface area contributed by atoms with Gasteiger partial charge in [0.2, 0.25) is 0 Å². The largest absolute Gasteiger partial charge is 0.411 e. The van der Waals surface area contributed by atoms with Gasteiger partial charge in [-0.3, -0.25) is 14.3 Å². The van der Waals surface area contributed by atoms with Crippen molar-refractivity contribution in [3.63, 3.8) is 0 Å². The van der Waals surface area contributed by atoms with Gasteiger partial charge in [0.15, 0.2) is 8.32 Å². The maximum absolute atomic E-state index is 12.1. The van der Waals surface area contributed by atoms with Crippen molar-refractivity contribution in [1.82, 2.24) is 9.55 Å². The number of ether oxygens (including phenoxy) is 1. The van der Waals surface area contributed by atoms with Gasteiger partial charge in [-0.05, 0) is 24.6 Å². The molecule has 0 aliphatic carbocycles. The zero-order valence-electron chi connectivity index (χ0n) is 15.2. The molecule has 8 heteroatoms. The van der Waals surface area contributed by atoms with Gasteiger partial charge in [-0.1, -0.05) is 26.7 Å². The molecule has 0 bridgehead atoms. The van der Waals surface area contributed by atoms with Gasteiger partial charge in [-0.15, -0.1) is 0 Å². The average Bonchev–Trinajstić information content (AvgIpc) is 3.19. The lowest BCUT2D eigenvalue weighted by atomic mass is 10.2. The molecule has 2 aliphatic rings. The van der Waals surface area contributed by atoms with Gasteiger partial charge in [0.25, 0.3) is 5.56 Å². The van der Waals surface area contributed by atoms with Gasteiger partial charge in [0.05, 0.1) is 12.7 Å². The predicted octanol–water partition coefficient (Wildman–Crippen LogP) is 1.66. The lowest BCUT2D eigenvalue weighted by molar-refractivity contribution is -0.0438. The van der Waals surface area contributed by atoms with Crippen LogP contribution in [0.4, 0.5) is 0 Å². The Balaban J connectivity index is 1.82. The van der Waals surface area contributed by atoms with Crippen molar-refractivity contribution in [2.45, 2.75) is 76.1 Å². The first-order chi connectivity index (χ1) is 11.9. The number of rotatable bonds is 5. The lowest BCUT2D eigenvalue weighted by Gasteiger charge is -2.35. The Labute approximate surface area is 148 Å². The van der Waals surface area contributed by atoms with Crippen molar-refractivity contribution in [1.29, 1.82) is 0 Å². The molecule has 1 aromatic rings. The molecule has 0 amide bonds. The van der Waals surface area contributed by atoms with E-state index in [0.29, 0.717) is 17.5 Å². The van der Waals surface area contributed by atoms with E-state index in [9.17, 15) is 14.7 Å². The first-order valence-electron chi connectivity index (χ1n) is 9.12. The number of aromatic nitrogens is 2. The first kappa shape index (κ1) is 18.6. The molecule has 2 fully saturated rings. The van der Waals surface area contributed by atoms with E-state index in [1.165, 1.54) is 23.6 Å². The molecule has 0 saturated carbocycles. The van der Waals surface area contributed by atoms with Crippen LogP contribution in [0.5, 0.6) is 0 Å². The molecule has 2 N–H and O–H groups in total. The monoisotopic (exact) mass is 368 g/mol. The third-order valence-corrected chi connectivity index (χ3v) is 11.0.